The van der Waals surface area contributed by atoms with Gasteiger partial charge in [0.2, 0.25) is 0 Å². The summed E-state index contributed by atoms with van der Waals surface area (Å²) in [7, 11) is 1.44. The van der Waals surface area contributed by atoms with Crippen LogP contribution in [-0.2, 0) is 4.74 Å². The normalized spacial score (nSPS) is 24.9. The average molecular weight is 428 g/mol. The molecule has 1 amide bonds. The van der Waals surface area contributed by atoms with E-state index in [1.54, 1.807) is 4.90 Å². The van der Waals surface area contributed by atoms with Crippen molar-refractivity contribution in [3.05, 3.63) is 18.3 Å². The van der Waals surface area contributed by atoms with Gasteiger partial charge in [0, 0.05) is 45.3 Å². The lowest BCUT2D eigenvalue weighted by Crippen LogP contribution is -2.51. The first-order valence-electron chi connectivity index (χ1n) is 12.2. The largest absolute Gasteiger partial charge is 0.453 e. The van der Waals surface area contributed by atoms with Gasteiger partial charge in [0.15, 0.2) is 0 Å². The molecule has 170 valence electrons. The monoisotopic (exact) mass is 427 g/mol. The van der Waals surface area contributed by atoms with E-state index in [0.717, 1.165) is 43.7 Å². The van der Waals surface area contributed by atoms with Gasteiger partial charge in [-0.3, -0.25) is 0 Å². The van der Waals surface area contributed by atoms with Gasteiger partial charge in [0.1, 0.15) is 5.82 Å². The summed E-state index contributed by atoms with van der Waals surface area (Å²) in [5.74, 6) is 1.11. The number of amides is 1. The number of carbonyl (C=O) groups is 1. The van der Waals surface area contributed by atoms with Gasteiger partial charge in [-0.25, -0.2) is 9.78 Å². The number of hydrogen-bond donors (Lipinski definition) is 0. The summed E-state index contributed by atoms with van der Waals surface area (Å²) in [5.41, 5.74) is 1.72. The minimum absolute atomic E-state index is 0.232. The van der Waals surface area contributed by atoms with Crippen LogP contribution in [0.15, 0.2) is 18.3 Å². The number of aromatic nitrogens is 1. The van der Waals surface area contributed by atoms with Crippen molar-refractivity contribution < 1.29 is 9.53 Å². The molecule has 0 radical (unpaired) electrons. The molecule has 5 rings (SSSR count). The lowest BCUT2D eigenvalue weighted by molar-refractivity contribution is 0.0305. The third-order valence-corrected chi connectivity index (χ3v) is 8.41. The molecule has 0 unspecified atom stereocenters. The van der Waals surface area contributed by atoms with Crippen LogP contribution in [0, 0.1) is 5.41 Å². The maximum Gasteiger partial charge on any atom is 0.409 e. The lowest BCUT2D eigenvalue weighted by Gasteiger charge is -2.50. The molecule has 7 heteroatoms. The number of rotatable bonds is 3. The third kappa shape index (κ3) is 4.34. The Morgan fingerprint density at radius 1 is 0.935 bits per heavy atom. The molecule has 0 atom stereocenters. The predicted octanol–water partition coefficient (Wildman–Crippen LogP) is 3.20. The number of ether oxygens (including phenoxy) is 1. The lowest BCUT2D eigenvalue weighted by atomic mass is 9.70. The molecule has 1 aliphatic carbocycles. The standard InChI is InChI=1S/C24H37N5O2/c1-31-23(30)29-17-15-27(16-18-29)21-5-6-22(25-19-21)28-13-9-24(10-14-28)7-11-26(12-8-24)20-3-2-4-20/h5-6,19-20H,2-4,7-18H2,1H3. The molecule has 31 heavy (non-hydrogen) atoms. The minimum atomic E-state index is -0.232. The van der Waals surface area contributed by atoms with E-state index in [9.17, 15) is 4.79 Å². The van der Waals surface area contributed by atoms with E-state index in [-0.39, 0.29) is 6.09 Å². The fourth-order valence-electron chi connectivity index (χ4n) is 5.85. The number of anilines is 2. The first kappa shape index (κ1) is 20.9. The number of carbonyl (C=O) groups excluding carboxylic acids is 1. The molecule has 3 saturated heterocycles. The fourth-order valence-corrected chi connectivity index (χ4v) is 5.85. The topological polar surface area (TPSA) is 52.2 Å². The van der Waals surface area contributed by atoms with Crippen molar-refractivity contribution in [2.45, 2.75) is 51.0 Å². The molecule has 0 N–H and O–H groups in total. The van der Waals surface area contributed by atoms with E-state index in [2.05, 4.69) is 26.8 Å². The smallest absolute Gasteiger partial charge is 0.409 e. The van der Waals surface area contributed by atoms with Crippen LogP contribution in [0.5, 0.6) is 0 Å². The third-order valence-electron chi connectivity index (χ3n) is 8.41. The van der Waals surface area contributed by atoms with Crippen molar-refractivity contribution in [1.82, 2.24) is 14.8 Å². The first-order valence-corrected chi connectivity index (χ1v) is 12.2. The van der Waals surface area contributed by atoms with Gasteiger partial charge < -0.3 is 24.3 Å². The average Bonchev–Trinajstić information content (AvgIpc) is 2.80. The van der Waals surface area contributed by atoms with Crippen LogP contribution in [0.25, 0.3) is 0 Å². The number of hydrogen-bond acceptors (Lipinski definition) is 6. The Bertz CT molecular complexity index is 740. The van der Waals surface area contributed by atoms with Crippen molar-refractivity contribution in [1.29, 1.82) is 0 Å². The second-order valence-corrected chi connectivity index (χ2v) is 9.93. The molecule has 0 bridgehead atoms. The van der Waals surface area contributed by atoms with Gasteiger partial charge in [0.25, 0.3) is 0 Å². The molecule has 3 aliphatic heterocycles. The maximum absolute atomic E-state index is 11.7. The minimum Gasteiger partial charge on any atom is -0.453 e. The van der Waals surface area contributed by atoms with E-state index < -0.39 is 0 Å². The molecule has 1 aromatic rings. The van der Waals surface area contributed by atoms with Gasteiger partial charge in [-0.15, -0.1) is 0 Å². The summed E-state index contributed by atoms with van der Waals surface area (Å²) in [5, 5.41) is 0. The molecular formula is C24H37N5O2. The summed E-state index contributed by atoms with van der Waals surface area (Å²) in [6.45, 7) is 7.94. The first-order chi connectivity index (χ1) is 15.2. The van der Waals surface area contributed by atoms with Crippen molar-refractivity contribution in [2.75, 3.05) is 69.3 Å². The molecule has 0 aromatic carbocycles. The van der Waals surface area contributed by atoms with Gasteiger partial charge in [-0.2, -0.15) is 0 Å². The number of piperazine rings is 1. The van der Waals surface area contributed by atoms with E-state index in [1.165, 1.54) is 65.1 Å². The van der Waals surface area contributed by atoms with Crippen LogP contribution < -0.4 is 9.80 Å². The van der Waals surface area contributed by atoms with Gasteiger partial charge in [-0.05, 0) is 69.2 Å². The highest BCUT2D eigenvalue weighted by Crippen LogP contribution is 2.43. The molecule has 7 nitrogen and oxygen atoms in total. The van der Waals surface area contributed by atoms with Crippen LogP contribution in [0.1, 0.15) is 44.9 Å². The zero-order valence-corrected chi connectivity index (χ0v) is 19.0. The van der Waals surface area contributed by atoms with Crippen LogP contribution in [-0.4, -0.2) is 86.4 Å². The van der Waals surface area contributed by atoms with E-state index in [4.69, 9.17) is 9.72 Å². The second-order valence-electron chi connectivity index (χ2n) is 9.93. The van der Waals surface area contributed by atoms with Crippen molar-refractivity contribution in [2.24, 2.45) is 5.41 Å². The van der Waals surface area contributed by atoms with E-state index >= 15 is 0 Å². The SMILES string of the molecule is COC(=O)N1CCN(c2ccc(N3CCC4(CC3)CCN(C3CCC3)CC4)nc2)CC1. The zero-order valence-electron chi connectivity index (χ0n) is 19.0. The Hall–Kier alpha value is -2.02. The summed E-state index contributed by atoms with van der Waals surface area (Å²) < 4.78 is 4.83. The van der Waals surface area contributed by atoms with Crippen molar-refractivity contribution >= 4 is 17.6 Å². The summed E-state index contributed by atoms with van der Waals surface area (Å²) in [4.78, 5) is 25.8. The molecule has 1 aromatic heterocycles. The highest BCUT2D eigenvalue weighted by atomic mass is 16.5. The summed E-state index contributed by atoms with van der Waals surface area (Å²) in [6, 6.07) is 5.28. The Morgan fingerprint density at radius 3 is 2.16 bits per heavy atom. The van der Waals surface area contributed by atoms with Crippen LogP contribution >= 0.6 is 0 Å². The number of methoxy groups -OCH3 is 1. The Labute approximate surface area is 186 Å². The highest BCUT2D eigenvalue weighted by molar-refractivity contribution is 5.68. The highest BCUT2D eigenvalue weighted by Gasteiger charge is 2.39. The molecular weight excluding hydrogens is 390 g/mol. The zero-order chi connectivity index (χ0) is 21.3. The second kappa shape index (κ2) is 8.85. The Balaban J connectivity index is 1.11. The molecule has 1 spiro atoms. The molecule has 4 aliphatic rings. The quantitative estimate of drug-likeness (QED) is 0.738. The molecule has 4 heterocycles. The number of pyridine rings is 1. The van der Waals surface area contributed by atoms with Gasteiger partial charge in [-0.1, -0.05) is 6.42 Å². The predicted molar refractivity (Wildman–Crippen MR) is 123 cm³/mol. The Kier molecular flexibility index (Phi) is 5.95. The van der Waals surface area contributed by atoms with E-state index in [0.29, 0.717) is 18.5 Å². The van der Waals surface area contributed by atoms with Crippen LogP contribution in [0.4, 0.5) is 16.3 Å². The number of nitrogens with zero attached hydrogens (tertiary/aromatic N) is 5. The molecule has 1 saturated carbocycles. The van der Waals surface area contributed by atoms with Gasteiger partial charge in [0.05, 0.1) is 19.0 Å². The van der Waals surface area contributed by atoms with Crippen molar-refractivity contribution in [3.63, 3.8) is 0 Å². The number of likely N-dealkylation sites (tertiary alicyclic amines) is 1. The van der Waals surface area contributed by atoms with Crippen LogP contribution in [0.3, 0.4) is 0 Å². The van der Waals surface area contributed by atoms with E-state index in [1.807, 2.05) is 6.20 Å². The fraction of sp³-hybridized carbons (Fsp3) is 0.750. The summed E-state index contributed by atoms with van der Waals surface area (Å²) in [6.07, 6.45) is 11.5. The van der Waals surface area contributed by atoms with Crippen LogP contribution in [0.2, 0.25) is 0 Å². The van der Waals surface area contributed by atoms with Crippen molar-refractivity contribution in [3.8, 4) is 0 Å². The Morgan fingerprint density at radius 2 is 1.61 bits per heavy atom. The maximum atomic E-state index is 11.7. The molecule has 4 fully saturated rings. The number of piperidine rings is 2. The van der Waals surface area contributed by atoms with Gasteiger partial charge >= 0.3 is 6.09 Å². The summed E-state index contributed by atoms with van der Waals surface area (Å²) >= 11 is 0.